The van der Waals surface area contributed by atoms with Gasteiger partial charge in [-0.15, -0.1) is 0 Å². The molecular weight excluding hydrogens is 345 g/mol. The Labute approximate surface area is 129 Å². The Bertz CT molecular complexity index is 709. The first-order valence-corrected chi connectivity index (χ1v) is 8.33. The second kappa shape index (κ2) is 5.74. The number of hydrogen-bond acceptors (Lipinski definition) is 7. The molecule has 1 aliphatic heterocycles. The lowest BCUT2D eigenvalue weighted by molar-refractivity contribution is -0.117. The summed E-state index contributed by atoms with van der Waals surface area (Å²) in [5, 5.41) is -1.14. The van der Waals surface area contributed by atoms with Crippen LogP contribution in [0.1, 0.15) is 16.9 Å². The Morgan fingerprint density at radius 2 is 2.19 bits per heavy atom. The maximum atomic E-state index is 11.9. The van der Waals surface area contributed by atoms with Crippen molar-refractivity contribution in [2.24, 2.45) is 0 Å². The van der Waals surface area contributed by atoms with Crippen molar-refractivity contribution in [1.82, 2.24) is 9.97 Å². The van der Waals surface area contributed by atoms with Crippen molar-refractivity contribution >= 4 is 49.0 Å². The fourth-order valence-electron chi connectivity index (χ4n) is 1.86. The van der Waals surface area contributed by atoms with Gasteiger partial charge in [-0.3, -0.25) is 9.69 Å². The largest absolute Gasteiger partial charge is 0.464 e. The Morgan fingerprint density at radius 1 is 1.52 bits per heavy atom. The zero-order valence-electron chi connectivity index (χ0n) is 10.6. The highest BCUT2D eigenvalue weighted by Crippen LogP contribution is 2.28. The third-order valence-electron chi connectivity index (χ3n) is 2.85. The molecule has 0 bridgehead atoms. The highest BCUT2D eigenvalue weighted by atomic mass is 35.7. The Balaban J connectivity index is 2.43. The number of ether oxygens (including phenoxy) is 1. The van der Waals surface area contributed by atoms with E-state index in [2.05, 4.69) is 14.7 Å². The fourth-order valence-corrected chi connectivity index (χ4v) is 3.02. The monoisotopic (exact) mass is 353 g/mol. The van der Waals surface area contributed by atoms with E-state index in [1.807, 2.05) is 0 Å². The number of halogens is 2. The lowest BCUT2D eigenvalue weighted by Gasteiger charge is -2.17. The summed E-state index contributed by atoms with van der Waals surface area (Å²) in [5.41, 5.74) is -0.272. The molecule has 21 heavy (non-hydrogen) atoms. The lowest BCUT2D eigenvalue weighted by atomic mass is 10.3. The molecule has 0 aromatic carbocycles. The Morgan fingerprint density at radius 3 is 2.71 bits per heavy atom. The molecule has 1 saturated heterocycles. The Hall–Kier alpha value is -1.45. The Kier molecular flexibility index (Phi) is 4.35. The number of carbonyl (C=O) groups is 2. The van der Waals surface area contributed by atoms with E-state index in [1.165, 1.54) is 0 Å². The van der Waals surface area contributed by atoms with Gasteiger partial charge in [-0.05, 0) is 0 Å². The molecule has 114 valence electrons. The standard InChI is InChI=1S/C10H9Cl2N3O5S/c1-20-10(17)8-9(13-3-6(11)14-8)15-4-5(2-7(15)16)21(12,18)19/h3,5H,2,4H2,1H3. The van der Waals surface area contributed by atoms with Crippen LogP contribution in [-0.4, -0.2) is 49.2 Å². The number of aromatic nitrogens is 2. The maximum absolute atomic E-state index is 11.9. The van der Waals surface area contributed by atoms with Crippen LogP contribution in [-0.2, 0) is 18.6 Å². The number of hydrogen-bond donors (Lipinski definition) is 0. The number of amides is 1. The zero-order chi connectivity index (χ0) is 15.8. The quantitative estimate of drug-likeness (QED) is 0.578. The van der Waals surface area contributed by atoms with Crippen LogP contribution in [0.25, 0.3) is 0 Å². The molecule has 2 rings (SSSR count). The van der Waals surface area contributed by atoms with Gasteiger partial charge in [-0.25, -0.2) is 23.2 Å². The highest BCUT2D eigenvalue weighted by Gasteiger charge is 2.40. The smallest absolute Gasteiger partial charge is 0.360 e. The molecular formula is C10H9Cl2N3O5S. The second-order valence-corrected chi connectivity index (χ2v) is 7.46. The van der Waals surface area contributed by atoms with Gasteiger partial charge in [0.2, 0.25) is 15.0 Å². The average Bonchev–Trinajstić information content (AvgIpc) is 2.80. The number of rotatable bonds is 3. The van der Waals surface area contributed by atoms with Gasteiger partial charge in [0.25, 0.3) is 0 Å². The first-order valence-electron chi connectivity index (χ1n) is 5.58. The second-order valence-electron chi connectivity index (χ2n) is 4.16. The van der Waals surface area contributed by atoms with Gasteiger partial charge < -0.3 is 4.74 Å². The molecule has 0 saturated carbocycles. The molecule has 1 aliphatic rings. The topological polar surface area (TPSA) is 107 Å². The number of carbonyl (C=O) groups excluding carboxylic acids is 2. The fraction of sp³-hybridized carbons (Fsp3) is 0.400. The van der Waals surface area contributed by atoms with E-state index in [9.17, 15) is 18.0 Å². The first-order chi connectivity index (χ1) is 9.74. The van der Waals surface area contributed by atoms with Gasteiger partial charge in [-0.2, -0.15) is 0 Å². The van der Waals surface area contributed by atoms with Crippen molar-refractivity contribution in [3.63, 3.8) is 0 Å². The number of nitrogens with zero attached hydrogens (tertiary/aromatic N) is 3. The van der Waals surface area contributed by atoms with Crippen molar-refractivity contribution in [3.8, 4) is 0 Å². The summed E-state index contributed by atoms with van der Waals surface area (Å²) in [5.74, 6) is -1.49. The van der Waals surface area contributed by atoms with Crippen LogP contribution < -0.4 is 4.90 Å². The molecule has 1 fully saturated rings. The van der Waals surface area contributed by atoms with E-state index in [0.29, 0.717) is 0 Å². The van der Waals surface area contributed by atoms with Crippen LogP contribution in [0, 0.1) is 0 Å². The van der Waals surface area contributed by atoms with Crippen LogP contribution in [0.4, 0.5) is 5.82 Å². The van der Waals surface area contributed by atoms with Gasteiger partial charge in [0.05, 0.1) is 13.3 Å². The molecule has 0 N–H and O–H groups in total. The van der Waals surface area contributed by atoms with E-state index < -0.39 is 26.2 Å². The van der Waals surface area contributed by atoms with Crippen molar-refractivity contribution in [1.29, 1.82) is 0 Å². The molecule has 0 spiro atoms. The number of esters is 1. The summed E-state index contributed by atoms with van der Waals surface area (Å²) in [7, 11) is 2.48. The third kappa shape index (κ3) is 3.25. The van der Waals surface area contributed by atoms with Crippen LogP contribution in [0.3, 0.4) is 0 Å². The highest BCUT2D eigenvalue weighted by molar-refractivity contribution is 8.14. The average molecular weight is 354 g/mol. The molecule has 1 atom stereocenters. The minimum atomic E-state index is -3.90. The van der Waals surface area contributed by atoms with Crippen molar-refractivity contribution < 1.29 is 22.7 Å². The van der Waals surface area contributed by atoms with E-state index in [1.54, 1.807) is 0 Å². The van der Waals surface area contributed by atoms with Gasteiger partial charge in [0.1, 0.15) is 10.4 Å². The molecule has 11 heteroatoms. The minimum Gasteiger partial charge on any atom is -0.464 e. The molecule has 2 heterocycles. The SMILES string of the molecule is COC(=O)c1nc(Cl)cnc1N1CC(S(=O)(=O)Cl)CC1=O. The predicted molar refractivity (Wildman–Crippen MR) is 73.9 cm³/mol. The molecule has 1 unspecified atom stereocenters. The van der Waals surface area contributed by atoms with E-state index in [4.69, 9.17) is 22.3 Å². The molecule has 1 amide bonds. The third-order valence-corrected chi connectivity index (χ3v) is 4.90. The predicted octanol–water partition coefficient (Wildman–Crippen LogP) is 0.591. The molecule has 1 aromatic rings. The molecule has 1 aromatic heterocycles. The van der Waals surface area contributed by atoms with Crippen molar-refractivity contribution in [3.05, 3.63) is 17.0 Å². The summed E-state index contributed by atoms with van der Waals surface area (Å²) >= 11 is 5.66. The van der Waals surface area contributed by atoms with E-state index in [0.717, 1.165) is 18.2 Å². The maximum Gasteiger partial charge on any atom is 0.360 e. The van der Waals surface area contributed by atoms with E-state index in [-0.39, 0.29) is 29.6 Å². The lowest BCUT2D eigenvalue weighted by Crippen LogP contribution is -2.30. The van der Waals surface area contributed by atoms with Gasteiger partial charge in [0, 0.05) is 23.6 Å². The van der Waals surface area contributed by atoms with Crippen molar-refractivity contribution in [2.75, 3.05) is 18.6 Å². The summed E-state index contributed by atoms with van der Waals surface area (Å²) in [6.07, 6.45) is 0.843. The molecule has 0 radical (unpaired) electrons. The summed E-state index contributed by atoms with van der Waals surface area (Å²) in [6.45, 7) is -0.217. The summed E-state index contributed by atoms with van der Waals surface area (Å²) in [4.78, 5) is 32.3. The zero-order valence-corrected chi connectivity index (χ0v) is 12.9. The normalized spacial score (nSPS) is 18.9. The first kappa shape index (κ1) is 15.9. The van der Waals surface area contributed by atoms with Gasteiger partial charge in [0.15, 0.2) is 11.5 Å². The van der Waals surface area contributed by atoms with Crippen LogP contribution >= 0.6 is 22.3 Å². The summed E-state index contributed by atoms with van der Waals surface area (Å²) in [6, 6.07) is 0. The number of anilines is 1. The minimum absolute atomic E-state index is 0.0627. The van der Waals surface area contributed by atoms with Crippen LogP contribution in [0.5, 0.6) is 0 Å². The van der Waals surface area contributed by atoms with Gasteiger partial charge in [-0.1, -0.05) is 11.6 Å². The van der Waals surface area contributed by atoms with E-state index >= 15 is 0 Å². The van der Waals surface area contributed by atoms with Crippen LogP contribution in [0.2, 0.25) is 5.15 Å². The van der Waals surface area contributed by atoms with Crippen molar-refractivity contribution in [2.45, 2.75) is 11.7 Å². The molecule has 8 nitrogen and oxygen atoms in total. The van der Waals surface area contributed by atoms with Gasteiger partial charge >= 0.3 is 5.97 Å². The molecule has 0 aliphatic carbocycles. The number of methoxy groups -OCH3 is 1. The summed E-state index contributed by atoms with van der Waals surface area (Å²) < 4.78 is 27.2. The van der Waals surface area contributed by atoms with Crippen LogP contribution in [0.15, 0.2) is 6.20 Å².